The standard InChI is InChI=1S/C17H28N6O2.HI/c1-3-18-16(20-13-17(25)5-4-6-17)23-11-9-22(10-12-23)14-15(24)21(2)8-7-19-14;/h7-8,25H,3-6,9-13H2,1-2H3,(H,18,20);1H. The molecule has 0 radical (unpaired) electrons. The first-order valence-corrected chi connectivity index (χ1v) is 9.05. The summed E-state index contributed by atoms with van der Waals surface area (Å²) in [5.74, 6) is 1.35. The molecule has 0 aromatic carbocycles. The minimum absolute atomic E-state index is 0. The molecule has 2 N–H and O–H groups in total. The average molecular weight is 476 g/mol. The maximum atomic E-state index is 12.2. The fraction of sp³-hybridized carbons (Fsp3) is 0.706. The Balaban J connectivity index is 0.00000243. The third kappa shape index (κ3) is 4.67. The van der Waals surface area contributed by atoms with Crippen molar-refractivity contribution in [1.29, 1.82) is 0 Å². The molecular weight excluding hydrogens is 447 g/mol. The van der Waals surface area contributed by atoms with Crippen molar-refractivity contribution in [2.24, 2.45) is 12.0 Å². The molecule has 2 fully saturated rings. The Morgan fingerprint density at radius 2 is 2.04 bits per heavy atom. The van der Waals surface area contributed by atoms with Crippen molar-refractivity contribution in [3.8, 4) is 0 Å². The van der Waals surface area contributed by atoms with E-state index in [0.717, 1.165) is 57.9 Å². The number of aliphatic imine (C=N–C) groups is 1. The Hall–Kier alpha value is -1.36. The summed E-state index contributed by atoms with van der Waals surface area (Å²) in [7, 11) is 1.74. The molecule has 2 aliphatic rings. The van der Waals surface area contributed by atoms with Gasteiger partial charge in [0.15, 0.2) is 11.8 Å². The normalized spacial score (nSPS) is 19.6. The molecule has 9 heteroatoms. The monoisotopic (exact) mass is 476 g/mol. The van der Waals surface area contributed by atoms with Crippen molar-refractivity contribution in [2.45, 2.75) is 31.8 Å². The van der Waals surface area contributed by atoms with E-state index < -0.39 is 5.60 Å². The number of aryl methyl sites for hydroxylation is 1. The van der Waals surface area contributed by atoms with Gasteiger partial charge in [-0.25, -0.2) is 4.98 Å². The molecule has 0 amide bonds. The minimum atomic E-state index is -0.608. The summed E-state index contributed by atoms with van der Waals surface area (Å²) in [4.78, 5) is 25.3. The van der Waals surface area contributed by atoms with Crippen LogP contribution >= 0.6 is 24.0 Å². The third-order valence-electron chi connectivity index (χ3n) is 5.02. The van der Waals surface area contributed by atoms with Crippen molar-refractivity contribution in [3.05, 3.63) is 22.7 Å². The van der Waals surface area contributed by atoms with Gasteiger partial charge in [0.1, 0.15) is 0 Å². The van der Waals surface area contributed by atoms with Gasteiger partial charge in [-0.3, -0.25) is 9.79 Å². The molecule has 0 spiro atoms. The number of nitrogens with one attached hydrogen (secondary N) is 1. The zero-order valence-corrected chi connectivity index (χ0v) is 17.8. The van der Waals surface area contributed by atoms with E-state index in [0.29, 0.717) is 12.4 Å². The first-order chi connectivity index (χ1) is 12.0. The van der Waals surface area contributed by atoms with Crippen molar-refractivity contribution in [1.82, 2.24) is 19.8 Å². The van der Waals surface area contributed by atoms with Gasteiger partial charge in [-0.2, -0.15) is 0 Å². The molecule has 0 atom stereocenters. The molecule has 26 heavy (non-hydrogen) atoms. The summed E-state index contributed by atoms with van der Waals surface area (Å²) in [6.07, 6.45) is 6.09. The molecule has 2 heterocycles. The van der Waals surface area contributed by atoms with Crippen LogP contribution in [0, 0.1) is 0 Å². The molecule has 1 aliphatic carbocycles. The number of hydrogen-bond acceptors (Lipinski definition) is 5. The van der Waals surface area contributed by atoms with Gasteiger partial charge in [0.2, 0.25) is 0 Å². The molecule has 3 rings (SSSR count). The summed E-state index contributed by atoms with van der Waals surface area (Å²) in [5.41, 5.74) is -0.674. The molecule has 146 valence electrons. The summed E-state index contributed by atoms with van der Waals surface area (Å²) in [6.45, 7) is 6.27. The average Bonchev–Trinajstić information content (AvgIpc) is 2.59. The fourth-order valence-electron chi connectivity index (χ4n) is 3.22. The maximum Gasteiger partial charge on any atom is 0.293 e. The number of guanidine groups is 1. The zero-order chi connectivity index (χ0) is 17.9. The van der Waals surface area contributed by atoms with Crippen molar-refractivity contribution in [3.63, 3.8) is 0 Å². The van der Waals surface area contributed by atoms with Gasteiger partial charge in [0.05, 0.1) is 12.1 Å². The van der Waals surface area contributed by atoms with E-state index in [4.69, 9.17) is 0 Å². The fourth-order valence-corrected chi connectivity index (χ4v) is 3.22. The molecular formula is C17H29IN6O2. The second kappa shape index (κ2) is 9.03. The van der Waals surface area contributed by atoms with Crippen LogP contribution in [0.5, 0.6) is 0 Å². The first kappa shape index (κ1) is 20.9. The van der Waals surface area contributed by atoms with Crippen LogP contribution in [0.25, 0.3) is 0 Å². The van der Waals surface area contributed by atoms with Crippen LogP contribution in [-0.4, -0.2) is 70.4 Å². The molecule has 1 saturated carbocycles. The first-order valence-electron chi connectivity index (χ1n) is 9.05. The Bertz CT molecular complexity index is 680. The summed E-state index contributed by atoms with van der Waals surface area (Å²) in [5, 5.41) is 13.6. The molecule has 0 bridgehead atoms. The van der Waals surface area contributed by atoms with Crippen LogP contribution in [0.15, 0.2) is 22.2 Å². The van der Waals surface area contributed by atoms with Crippen LogP contribution in [0.1, 0.15) is 26.2 Å². The van der Waals surface area contributed by atoms with Gasteiger partial charge in [0, 0.05) is 52.2 Å². The largest absolute Gasteiger partial charge is 0.388 e. The number of hydrogen-bond donors (Lipinski definition) is 2. The lowest BCUT2D eigenvalue weighted by molar-refractivity contribution is -0.0237. The summed E-state index contributed by atoms with van der Waals surface area (Å²) >= 11 is 0. The van der Waals surface area contributed by atoms with Crippen LogP contribution < -0.4 is 15.8 Å². The van der Waals surface area contributed by atoms with E-state index in [1.54, 1.807) is 24.0 Å². The van der Waals surface area contributed by atoms with E-state index in [1.807, 2.05) is 11.8 Å². The SMILES string of the molecule is CCNC(=NCC1(O)CCC1)N1CCN(c2nccn(C)c2=O)CC1.I. The Morgan fingerprint density at radius 1 is 1.35 bits per heavy atom. The van der Waals surface area contributed by atoms with Gasteiger partial charge in [-0.15, -0.1) is 24.0 Å². The van der Waals surface area contributed by atoms with Gasteiger partial charge >= 0.3 is 0 Å². The zero-order valence-electron chi connectivity index (χ0n) is 15.5. The topological polar surface area (TPSA) is 86.0 Å². The predicted molar refractivity (Wildman–Crippen MR) is 113 cm³/mol. The second-order valence-corrected chi connectivity index (χ2v) is 6.89. The number of rotatable bonds is 4. The third-order valence-corrected chi connectivity index (χ3v) is 5.02. The number of aromatic nitrogens is 2. The van der Waals surface area contributed by atoms with Crippen LogP contribution in [0.2, 0.25) is 0 Å². The van der Waals surface area contributed by atoms with E-state index in [2.05, 4.69) is 20.2 Å². The molecule has 1 aliphatic heterocycles. The lowest BCUT2D eigenvalue weighted by Gasteiger charge is -2.38. The Morgan fingerprint density at radius 3 is 2.62 bits per heavy atom. The number of anilines is 1. The van der Waals surface area contributed by atoms with E-state index in [-0.39, 0.29) is 29.5 Å². The Kier molecular flexibility index (Phi) is 7.27. The van der Waals surface area contributed by atoms with Gasteiger partial charge in [0.25, 0.3) is 5.56 Å². The number of halogens is 1. The highest BCUT2D eigenvalue weighted by Crippen LogP contribution is 2.31. The molecule has 1 saturated heterocycles. The van der Waals surface area contributed by atoms with Gasteiger partial charge in [-0.1, -0.05) is 0 Å². The van der Waals surface area contributed by atoms with Crippen LogP contribution in [-0.2, 0) is 7.05 Å². The highest BCUT2D eigenvalue weighted by atomic mass is 127. The lowest BCUT2D eigenvalue weighted by Crippen LogP contribution is -2.54. The highest BCUT2D eigenvalue weighted by molar-refractivity contribution is 14.0. The smallest absolute Gasteiger partial charge is 0.293 e. The summed E-state index contributed by atoms with van der Waals surface area (Å²) < 4.78 is 1.56. The van der Waals surface area contributed by atoms with E-state index in [9.17, 15) is 9.90 Å². The van der Waals surface area contributed by atoms with E-state index in [1.165, 1.54) is 0 Å². The molecule has 8 nitrogen and oxygen atoms in total. The Labute approximate surface area is 171 Å². The van der Waals surface area contributed by atoms with Gasteiger partial charge < -0.3 is 24.8 Å². The summed E-state index contributed by atoms with van der Waals surface area (Å²) in [6, 6.07) is 0. The van der Waals surface area contributed by atoms with Crippen LogP contribution in [0.4, 0.5) is 5.82 Å². The van der Waals surface area contributed by atoms with Crippen molar-refractivity contribution < 1.29 is 5.11 Å². The number of piperazine rings is 1. The quantitative estimate of drug-likeness (QED) is 0.372. The van der Waals surface area contributed by atoms with E-state index >= 15 is 0 Å². The molecule has 1 aromatic rings. The maximum absolute atomic E-state index is 12.2. The minimum Gasteiger partial charge on any atom is -0.388 e. The lowest BCUT2D eigenvalue weighted by atomic mass is 9.80. The number of aliphatic hydroxyl groups is 1. The van der Waals surface area contributed by atoms with Crippen molar-refractivity contribution in [2.75, 3.05) is 44.2 Å². The van der Waals surface area contributed by atoms with Crippen LogP contribution in [0.3, 0.4) is 0 Å². The molecule has 1 aromatic heterocycles. The predicted octanol–water partition coefficient (Wildman–Crippen LogP) is 0.401. The highest BCUT2D eigenvalue weighted by Gasteiger charge is 2.34. The number of nitrogens with zero attached hydrogens (tertiary/aromatic N) is 5. The van der Waals surface area contributed by atoms with Gasteiger partial charge in [-0.05, 0) is 26.2 Å². The van der Waals surface area contributed by atoms with Crippen molar-refractivity contribution >= 4 is 35.8 Å². The molecule has 0 unspecified atom stereocenters. The second-order valence-electron chi connectivity index (χ2n) is 6.89.